The van der Waals surface area contributed by atoms with E-state index in [-0.39, 0.29) is 11.3 Å². The highest BCUT2D eigenvalue weighted by Crippen LogP contribution is 2.41. The van der Waals surface area contributed by atoms with Crippen molar-refractivity contribution in [1.29, 1.82) is 0 Å². The first kappa shape index (κ1) is 14.6. The molecular weight excluding hydrogens is 250 g/mol. The Morgan fingerprint density at radius 1 is 1.35 bits per heavy atom. The Balaban J connectivity index is 2.35. The van der Waals surface area contributed by atoms with Gasteiger partial charge in [0, 0.05) is 25.9 Å². The van der Waals surface area contributed by atoms with Crippen molar-refractivity contribution in [2.24, 2.45) is 0 Å². The highest BCUT2D eigenvalue weighted by molar-refractivity contribution is 5.77. The molecule has 3 nitrogen and oxygen atoms in total. The van der Waals surface area contributed by atoms with Crippen LogP contribution in [0.25, 0.3) is 0 Å². The topological polar surface area (TPSA) is 29.5 Å². The molecule has 0 bridgehead atoms. The summed E-state index contributed by atoms with van der Waals surface area (Å²) in [5, 5.41) is 0. The second kappa shape index (κ2) is 6.12. The van der Waals surface area contributed by atoms with Gasteiger partial charge in [-0.25, -0.2) is 0 Å². The van der Waals surface area contributed by atoms with Crippen LogP contribution >= 0.6 is 0 Å². The van der Waals surface area contributed by atoms with Crippen LogP contribution in [0.2, 0.25) is 0 Å². The van der Waals surface area contributed by atoms with Gasteiger partial charge in [-0.15, -0.1) is 0 Å². The van der Waals surface area contributed by atoms with Gasteiger partial charge in [0.05, 0.1) is 7.11 Å². The molecule has 0 radical (unpaired) electrons. The smallest absolute Gasteiger partial charge is 0.222 e. The van der Waals surface area contributed by atoms with Crippen molar-refractivity contribution in [1.82, 2.24) is 4.90 Å². The maximum Gasteiger partial charge on any atom is 0.222 e. The van der Waals surface area contributed by atoms with E-state index in [1.807, 2.05) is 26.2 Å². The van der Waals surface area contributed by atoms with Gasteiger partial charge in [0.15, 0.2) is 0 Å². The molecule has 0 N–H and O–H groups in total. The van der Waals surface area contributed by atoms with Gasteiger partial charge in [-0.2, -0.15) is 0 Å². The Labute approximate surface area is 121 Å². The van der Waals surface area contributed by atoms with Crippen LogP contribution in [0.1, 0.15) is 31.2 Å². The molecule has 1 aromatic carbocycles. The molecule has 1 aliphatic rings. The molecule has 20 heavy (non-hydrogen) atoms. The summed E-state index contributed by atoms with van der Waals surface area (Å²) in [4.78, 5) is 13.9. The molecule has 108 valence electrons. The summed E-state index contributed by atoms with van der Waals surface area (Å²) in [5.41, 5.74) is 1.11. The van der Waals surface area contributed by atoms with Crippen LogP contribution in [0, 0.1) is 0 Å². The summed E-state index contributed by atoms with van der Waals surface area (Å²) in [5.74, 6) is 1.04. The third kappa shape index (κ3) is 3.03. The van der Waals surface area contributed by atoms with E-state index in [0.29, 0.717) is 6.42 Å². The lowest BCUT2D eigenvalue weighted by molar-refractivity contribution is -0.130. The number of nitrogens with zero attached hydrogens (tertiary/aromatic N) is 1. The van der Waals surface area contributed by atoms with Gasteiger partial charge < -0.3 is 9.64 Å². The zero-order chi connectivity index (χ0) is 14.6. The Hall–Kier alpha value is -1.77. The first-order chi connectivity index (χ1) is 9.57. The van der Waals surface area contributed by atoms with Crippen LogP contribution in [0.4, 0.5) is 0 Å². The molecule has 0 heterocycles. The summed E-state index contributed by atoms with van der Waals surface area (Å²) in [6.07, 6.45) is 7.91. The summed E-state index contributed by atoms with van der Waals surface area (Å²) in [6, 6.07) is 8.14. The van der Waals surface area contributed by atoms with Crippen LogP contribution in [-0.2, 0) is 10.2 Å². The van der Waals surface area contributed by atoms with Crippen molar-refractivity contribution in [2.75, 3.05) is 21.2 Å². The first-order valence-corrected chi connectivity index (χ1v) is 7.07. The Bertz CT molecular complexity index is 507. The maximum absolute atomic E-state index is 12.2. The van der Waals surface area contributed by atoms with Crippen LogP contribution < -0.4 is 4.74 Å². The van der Waals surface area contributed by atoms with Crippen molar-refractivity contribution >= 4 is 5.91 Å². The number of carbonyl (C=O) groups excluding carboxylic acids is 1. The van der Waals surface area contributed by atoms with E-state index in [0.717, 1.165) is 25.0 Å². The Kier molecular flexibility index (Phi) is 4.48. The van der Waals surface area contributed by atoms with Crippen LogP contribution in [0.15, 0.2) is 36.4 Å². The molecule has 1 atom stereocenters. The van der Waals surface area contributed by atoms with E-state index in [1.165, 1.54) is 5.56 Å². The molecule has 0 aromatic heterocycles. The fraction of sp³-hybridized carbons (Fsp3) is 0.471. The van der Waals surface area contributed by atoms with Gasteiger partial charge in [0.1, 0.15) is 5.75 Å². The zero-order valence-electron chi connectivity index (χ0n) is 12.6. The lowest BCUT2D eigenvalue weighted by Gasteiger charge is -2.36. The van der Waals surface area contributed by atoms with Crippen molar-refractivity contribution in [3.05, 3.63) is 42.0 Å². The molecule has 0 saturated heterocycles. The van der Waals surface area contributed by atoms with E-state index >= 15 is 0 Å². The van der Waals surface area contributed by atoms with Gasteiger partial charge in [-0.1, -0.05) is 24.3 Å². The standard InChI is InChI=1S/C17H23NO2/c1-18(2)16(19)13-17(10-5-4-6-11-17)14-8-7-9-15(12-14)20-3/h4-5,7-9,12H,6,10-11,13H2,1-3H3. The lowest BCUT2D eigenvalue weighted by atomic mass is 9.69. The van der Waals surface area contributed by atoms with Gasteiger partial charge in [0.25, 0.3) is 0 Å². The Morgan fingerprint density at radius 3 is 2.75 bits per heavy atom. The van der Waals surface area contributed by atoms with Gasteiger partial charge in [-0.05, 0) is 37.0 Å². The van der Waals surface area contributed by atoms with E-state index in [9.17, 15) is 4.79 Å². The predicted octanol–water partition coefficient (Wildman–Crippen LogP) is 3.15. The molecule has 1 aliphatic carbocycles. The number of methoxy groups -OCH3 is 1. The molecule has 0 saturated carbocycles. The SMILES string of the molecule is COc1cccc(C2(CC(=O)N(C)C)CC=CCC2)c1. The second-order valence-electron chi connectivity index (χ2n) is 5.69. The monoisotopic (exact) mass is 273 g/mol. The van der Waals surface area contributed by atoms with Crippen molar-refractivity contribution in [3.63, 3.8) is 0 Å². The summed E-state index contributed by atoms with van der Waals surface area (Å²) in [7, 11) is 5.32. The highest BCUT2D eigenvalue weighted by atomic mass is 16.5. The number of hydrogen-bond donors (Lipinski definition) is 0. The zero-order valence-corrected chi connectivity index (χ0v) is 12.6. The van der Waals surface area contributed by atoms with E-state index in [2.05, 4.69) is 24.3 Å². The summed E-state index contributed by atoms with van der Waals surface area (Å²) >= 11 is 0. The van der Waals surface area contributed by atoms with Crippen LogP contribution in [0.5, 0.6) is 5.75 Å². The average Bonchev–Trinajstić information content (AvgIpc) is 2.48. The maximum atomic E-state index is 12.2. The minimum absolute atomic E-state index is 0.0926. The number of amides is 1. The van der Waals surface area contributed by atoms with Crippen molar-refractivity contribution in [2.45, 2.75) is 31.1 Å². The molecule has 1 unspecified atom stereocenters. The molecule has 2 rings (SSSR count). The number of hydrogen-bond acceptors (Lipinski definition) is 2. The second-order valence-corrected chi connectivity index (χ2v) is 5.69. The molecule has 1 amide bonds. The van der Waals surface area contributed by atoms with Crippen molar-refractivity contribution in [3.8, 4) is 5.75 Å². The van der Waals surface area contributed by atoms with Gasteiger partial charge in [0.2, 0.25) is 5.91 Å². The number of benzene rings is 1. The van der Waals surface area contributed by atoms with Crippen LogP contribution in [-0.4, -0.2) is 32.0 Å². The van der Waals surface area contributed by atoms with Crippen LogP contribution in [0.3, 0.4) is 0 Å². The number of allylic oxidation sites excluding steroid dienone is 2. The van der Waals surface area contributed by atoms with E-state index < -0.39 is 0 Å². The summed E-state index contributed by atoms with van der Waals surface area (Å²) in [6.45, 7) is 0. The summed E-state index contributed by atoms with van der Waals surface area (Å²) < 4.78 is 5.33. The number of ether oxygens (including phenoxy) is 1. The first-order valence-electron chi connectivity index (χ1n) is 7.07. The average molecular weight is 273 g/mol. The third-order valence-corrected chi connectivity index (χ3v) is 4.14. The molecule has 0 aliphatic heterocycles. The normalized spacial score (nSPS) is 21.6. The van der Waals surface area contributed by atoms with Gasteiger partial charge in [-0.3, -0.25) is 4.79 Å². The van der Waals surface area contributed by atoms with E-state index in [4.69, 9.17) is 4.74 Å². The predicted molar refractivity (Wildman–Crippen MR) is 81.0 cm³/mol. The fourth-order valence-electron chi connectivity index (χ4n) is 2.81. The molecule has 3 heteroatoms. The third-order valence-electron chi connectivity index (χ3n) is 4.14. The number of rotatable bonds is 4. The minimum Gasteiger partial charge on any atom is -0.497 e. The minimum atomic E-state index is -0.0926. The fourth-order valence-corrected chi connectivity index (χ4v) is 2.81. The van der Waals surface area contributed by atoms with Crippen molar-refractivity contribution < 1.29 is 9.53 Å². The molecule has 0 fully saturated rings. The highest BCUT2D eigenvalue weighted by Gasteiger charge is 2.35. The molecule has 1 aromatic rings. The van der Waals surface area contributed by atoms with Gasteiger partial charge >= 0.3 is 0 Å². The molecule has 0 spiro atoms. The lowest BCUT2D eigenvalue weighted by Crippen LogP contribution is -2.35. The Morgan fingerprint density at radius 2 is 2.15 bits per heavy atom. The number of carbonyl (C=O) groups is 1. The quantitative estimate of drug-likeness (QED) is 0.789. The van der Waals surface area contributed by atoms with E-state index in [1.54, 1.807) is 12.0 Å². The molecular formula is C17H23NO2. The largest absolute Gasteiger partial charge is 0.497 e.